The summed E-state index contributed by atoms with van der Waals surface area (Å²) in [5.41, 5.74) is 0. The maximum absolute atomic E-state index is 11.2. The van der Waals surface area contributed by atoms with Crippen LogP contribution in [-0.2, 0) is 9.63 Å². The van der Waals surface area contributed by atoms with Crippen molar-refractivity contribution in [2.75, 3.05) is 0 Å². The fraction of sp³-hybridized carbons (Fsp3) is 0.500. The fourth-order valence-electron chi connectivity index (χ4n) is 0.797. The summed E-state index contributed by atoms with van der Waals surface area (Å²) in [5, 5.41) is 3.53. The van der Waals surface area contributed by atoms with Crippen LogP contribution < -0.4 is 0 Å². The van der Waals surface area contributed by atoms with Crippen molar-refractivity contribution in [2.24, 2.45) is 11.1 Å². The highest BCUT2D eigenvalue weighted by molar-refractivity contribution is 5.88. The Bertz CT molecular complexity index is 206. The maximum atomic E-state index is 11.2. The van der Waals surface area contributed by atoms with E-state index in [1.807, 2.05) is 13.8 Å². The van der Waals surface area contributed by atoms with Gasteiger partial charge in [-0.25, -0.2) is 0 Å². The molecule has 0 radical (unpaired) electrons. The molecule has 0 bridgehead atoms. The monoisotopic (exact) mass is 153 g/mol. The van der Waals surface area contributed by atoms with E-state index in [4.69, 9.17) is 4.84 Å². The average Bonchev–Trinajstić information content (AvgIpc) is 2.05. The summed E-state index contributed by atoms with van der Waals surface area (Å²) in [5.74, 6) is 0.0658. The number of rotatable bonds is 2. The third-order valence-electron chi connectivity index (χ3n) is 1.46. The lowest BCUT2D eigenvalue weighted by Gasteiger charge is -2.13. The number of oxime groups is 1. The Kier molecular flexibility index (Phi) is 2.41. The summed E-state index contributed by atoms with van der Waals surface area (Å²) in [4.78, 5) is 16.1. The van der Waals surface area contributed by atoms with E-state index < -0.39 is 6.10 Å². The molecular weight excluding hydrogens is 142 g/mol. The molecule has 0 amide bonds. The number of carbonyl (C=O) groups excluding carboxylic acids is 1. The van der Waals surface area contributed by atoms with Gasteiger partial charge in [-0.3, -0.25) is 4.79 Å². The molecule has 0 saturated heterocycles. The molecule has 11 heavy (non-hydrogen) atoms. The van der Waals surface area contributed by atoms with Crippen LogP contribution >= 0.6 is 0 Å². The second kappa shape index (κ2) is 3.32. The Morgan fingerprint density at radius 1 is 1.64 bits per heavy atom. The summed E-state index contributed by atoms with van der Waals surface area (Å²) < 4.78 is 0. The number of hydrogen-bond donors (Lipinski definition) is 0. The van der Waals surface area contributed by atoms with Gasteiger partial charge in [0.25, 0.3) is 0 Å². The molecule has 0 fully saturated rings. The fourth-order valence-corrected chi connectivity index (χ4v) is 0.797. The van der Waals surface area contributed by atoms with Gasteiger partial charge in [-0.05, 0) is 12.2 Å². The van der Waals surface area contributed by atoms with E-state index in [1.54, 1.807) is 12.2 Å². The van der Waals surface area contributed by atoms with Crippen molar-refractivity contribution in [3.05, 3.63) is 12.2 Å². The van der Waals surface area contributed by atoms with Gasteiger partial charge in [0.1, 0.15) is 0 Å². The molecule has 0 aromatic rings. The van der Waals surface area contributed by atoms with Crippen molar-refractivity contribution in [1.29, 1.82) is 0 Å². The van der Waals surface area contributed by atoms with Gasteiger partial charge in [-0.2, -0.15) is 0 Å². The second-order valence-electron chi connectivity index (χ2n) is 2.72. The summed E-state index contributed by atoms with van der Waals surface area (Å²) in [6.45, 7) is 3.69. The number of Topliss-reactive ketones (excluding diaryl/α,β-unsaturated/α-hetero) is 1. The third kappa shape index (κ3) is 1.90. The first-order valence-corrected chi connectivity index (χ1v) is 3.61. The summed E-state index contributed by atoms with van der Waals surface area (Å²) in [6.07, 6.45) is 4.47. The van der Waals surface area contributed by atoms with Gasteiger partial charge in [0.2, 0.25) is 6.10 Å². The molecule has 3 heteroatoms. The Labute approximate surface area is 65.7 Å². The standard InChI is InChI=1S/C8H11NO2/c1-6(2)8(10)7-4-3-5-9-11-7/h3-7H,1-2H3. The normalized spacial score (nSPS) is 21.9. The Balaban J connectivity index is 2.55. The minimum atomic E-state index is -0.472. The molecular formula is C8H11NO2. The van der Waals surface area contributed by atoms with Gasteiger partial charge in [-0.15, -0.1) is 0 Å². The van der Waals surface area contributed by atoms with E-state index in [0.29, 0.717) is 0 Å². The van der Waals surface area contributed by atoms with E-state index in [2.05, 4.69) is 5.16 Å². The quantitative estimate of drug-likeness (QED) is 0.597. The highest BCUT2D eigenvalue weighted by atomic mass is 16.6. The molecule has 0 aromatic heterocycles. The summed E-state index contributed by atoms with van der Waals surface area (Å²) in [7, 11) is 0. The van der Waals surface area contributed by atoms with Crippen molar-refractivity contribution >= 4 is 12.0 Å². The summed E-state index contributed by atoms with van der Waals surface area (Å²) in [6, 6.07) is 0. The lowest BCUT2D eigenvalue weighted by molar-refractivity contribution is -0.130. The van der Waals surface area contributed by atoms with Crippen LogP contribution in [0, 0.1) is 5.92 Å². The van der Waals surface area contributed by atoms with Gasteiger partial charge in [0.05, 0.1) is 6.21 Å². The number of ketones is 1. The molecule has 3 nitrogen and oxygen atoms in total. The zero-order chi connectivity index (χ0) is 8.27. The molecule has 1 aliphatic rings. The molecule has 60 valence electrons. The van der Waals surface area contributed by atoms with Crippen LogP contribution in [0.25, 0.3) is 0 Å². The number of carbonyl (C=O) groups is 1. The SMILES string of the molecule is CC(C)C(=O)C1C=CC=NO1. The Morgan fingerprint density at radius 2 is 2.36 bits per heavy atom. The predicted molar refractivity (Wildman–Crippen MR) is 42.4 cm³/mol. The number of allylic oxidation sites excluding steroid dienone is 1. The minimum Gasteiger partial charge on any atom is -0.380 e. The number of hydrogen-bond acceptors (Lipinski definition) is 3. The maximum Gasteiger partial charge on any atom is 0.204 e. The lowest BCUT2D eigenvalue weighted by atomic mass is 10.0. The lowest BCUT2D eigenvalue weighted by Crippen LogP contribution is -2.25. The van der Waals surface area contributed by atoms with Crippen LogP contribution in [0.3, 0.4) is 0 Å². The van der Waals surface area contributed by atoms with Gasteiger partial charge in [-0.1, -0.05) is 19.0 Å². The van der Waals surface area contributed by atoms with E-state index in [-0.39, 0.29) is 11.7 Å². The first-order valence-electron chi connectivity index (χ1n) is 3.61. The van der Waals surface area contributed by atoms with Crippen molar-refractivity contribution in [3.63, 3.8) is 0 Å². The van der Waals surface area contributed by atoms with Crippen LogP contribution in [0.2, 0.25) is 0 Å². The zero-order valence-electron chi connectivity index (χ0n) is 6.65. The van der Waals surface area contributed by atoms with E-state index in [0.717, 1.165) is 0 Å². The highest BCUT2D eigenvalue weighted by Gasteiger charge is 2.20. The smallest absolute Gasteiger partial charge is 0.204 e. The van der Waals surface area contributed by atoms with Crippen LogP contribution in [-0.4, -0.2) is 18.1 Å². The molecule has 1 aliphatic heterocycles. The molecule has 1 rings (SSSR count). The van der Waals surface area contributed by atoms with E-state index in [9.17, 15) is 4.79 Å². The first-order chi connectivity index (χ1) is 5.22. The Hall–Kier alpha value is -1.12. The Morgan fingerprint density at radius 3 is 2.82 bits per heavy atom. The van der Waals surface area contributed by atoms with Crippen LogP contribution in [0.15, 0.2) is 17.3 Å². The minimum absolute atomic E-state index is 0.00190. The summed E-state index contributed by atoms with van der Waals surface area (Å²) >= 11 is 0. The molecule has 1 unspecified atom stereocenters. The highest BCUT2D eigenvalue weighted by Crippen LogP contribution is 2.07. The molecule has 0 aromatic carbocycles. The van der Waals surface area contributed by atoms with Gasteiger partial charge in [0, 0.05) is 5.92 Å². The van der Waals surface area contributed by atoms with Crippen LogP contribution in [0.4, 0.5) is 0 Å². The van der Waals surface area contributed by atoms with Crippen molar-refractivity contribution < 1.29 is 9.63 Å². The first kappa shape index (κ1) is 7.98. The second-order valence-corrected chi connectivity index (χ2v) is 2.72. The largest absolute Gasteiger partial charge is 0.380 e. The molecule has 1 heterocycles. The average molecular weight is 153 g/mol. The van der Waals surface area contributed by atoms with Crippen molar-refractivity contribution in [3.8, 4) is 0 Å². The van der Waals surface area contributed by atoms with Crippen LogP contribution in [0.5, 0.6) is 0 Å². The third-order valence-corrected chi connectivity index (χ3v) is 1.46. The van der Waals surface area contributed by atoms with Gasteiger partial charge < -0.3 is 4.84 Å². The van der Waals surface area contributed by atoms with E-state index >= 15 is 0 Å². The number of nitrogens with zero attached hydrogens (tertiary/aromatic N) is 1. The van der Waals surface area contributed by atoms with Gasteiger partial charge in [0.15, 0.2) is 5.78 Å². The van der Waals surface area contributed by atoms with Crippen molar-refractivity contribution in [2.45, 2.75) is 20.0 Å². The zero-order valence-corrected chi connectivity index (χ0v) is 6.65. The van der Waals surface area contributed by atoms with Gasteiger partial charge >= 0.3 is 0 Å². The molecule has 0 aliphatic carbocycles. The molecule has 0 spiro atoms. The van der Waals surface area contributed by atoms with Crippen LogP contribution in [0.1, 0.15) is 13.8 Å². The molecule has 0 N–H and O–H groups in total. The van der Waals surface area contributed by atoms with Crippen molar-refractivity contribution in [1.82, 2.24) is 0 Å². The topological polar surface area (TPSA) is 38.7 Å². The predicted octanol–water partition coefficient (Wildman–Crippen LogP) is 1.15. The van der Waals surface area contributed by atoms with E-state index in [1.165, 1.54) is 6.21 Å². The molecule has 1 atom stereocenters. The molecule has 0 saturated carbocycles.